The fourth-order valence-electron chi connectivity index (χ4n) is 1.91. The fourth-order valence-corrected chi connectivity index (χ4v) is 3.55. The van der Waals surface area contributed by atoms with E-state index in [0.29, 0.717) is 0 Å². The molecule has 0 aromatic rings. The number of aliphatic imine (C=N–C) groups is 1. The molecule has 0 saturated carbocycles. The van der Waals surface area contributed by atoms with Crippen molar-refractivity contribution in [3.63, 3.8) is 0 Å². The Kier molecular flexibility index (Phi) is 9.07. The number of amidine groups is 1. The molecule has 1 rings (SSSR count). The summed E-state index contributed by atoms with van der Waals surface area (Å²) in [6.45, 7) is 4.37. The summed E-state index contributed by atoms with van der Waals surface area (Å²) < 4.78 is 0. The number of nitrogens with one attached hydrogen (secondary N) is 1. The predicted molar refractivity (Wildman–Crippen MR) is 83.4 cm³/mol. The maximum atomic E-state index is 4.55. The van der Waals surface area contributed by atoms with E-state index in [1.54, 1.807) is 0 Å². The van der Waals surface area contributed by atoms with Gasteiger partial charge in [-0.15, -0.1) is 0 Å². The smallest absolute Gasteiger partial charge is 0.156 e. The molecule has 0 amide bonds. The minimum atomic E-state index is 0.740. The van der Waals surface area contributed by atoms with E-state index in [9.17, 15) is 0 Å². The van der Waals surface area contributed by atoms with Crippen molar-refractivity contribution in [1.29, 1.82) is 0 Å². The molecule has 1 atom stereocenters. The van der Waals surface area contributed by atoms with E-state index in [1.807, 2.05) is 23.5 Å². The van der Waals surface area contributed by atoms with Crippen molar-refractivity contribution in [2.24, 2.45) is 4.99 Å². The Hall–Kier alpha value is 0.170. The van der Waals surface area contributed by atoms with Crippen molar-refractivity contribution in [3.05, 3.63) is 0 Å². The highest BCUT2D eigenvalue weighted by atomic mass is 32.2. The molecule has 0 aromatic carbocycles. The highest BCUT2D eigenvalue weighted by molar-refractivity contribution is 8.14. The quantitative estimate of drug-likeness (QED) is 0.648. The van der Waals surface area contributed by atoms with Gasteiger partial charge in [0.1, 0.15) is 0 Å². The Morgan fingerprint density at radius 1 is 1.35 bits per heavy atom. The van der Waals surface area contributed by atoms with Crippen LogP contribution in [0.1, 0.15) is 45.4 Å². The minimum Gasteiger partial charge on any atom is -0.365 e. The highest BCUT2D eigenvalue weighted by Gasteiger charge is 2.17. The van der Waals surface area contributed by atoms with E-state index in [2.05, 4.69) is 23.5 Å². The number of nitrogens with zero attached hydrogens (tertiary/aromatic N) is 1. The molecule has 0 fully saturated rings. The van der Waals surface area contributed by atoms with Crippen molar-refractivity contribution < 1.29 is 0 Å². The second-order valence-corrected chi connectivity index (χ2v) is 6.78. The molecule has 100 valence electrons. The summed E-state index contributed by atoms with van der Waals surface area (Å²) in [5, 5.41) is 5.40. The average molecular weight is 274 g/mol. The summed E-state index contributed by atoms with van der Waals surface area (Å²) in [5.41, 5.74) is 0. The van der Waals surface area contributed by atoms with Gasteiger partial charge in [-0.3, -0.25) is 4.99 Å². The molecule has 0 spiro atoms. The monoisotopic (exact) mass is 274 g/mol. The first-order chi connectivity index (χ1) is 8.36. The topological polar surface area (TPSA) is 24.4 Å². The molecule has 1 unspecified atom stereocenters. The molecule has 1 aliphatic rings. The molecule has 0 aromatic heterocycles. The Balaban J connectivity index is 1.90. The van der Waals surface area contributed by atoms with Gasteiger partial charge in [0, 0.05) is 11.8 Å². The zero-order valence-corrected chi connectivity index (χ0v) is 12.8. The van der Waals surface area contributed by atoms with Gasteiger partial charge in [0.15, 0.2) is 5.17 Å². The summed E-state index contributed by atoms with van der Waals surface area (Å²) >= 11 is 3.90. The van der Waals surface area contributed by atoms with E-state index >= 15 is 0 Å². The lowest BCUT2D eigenvalue weighted by molar-refractivity contribution is 0.658. The first-order valence-corrected chi connectivity index (χ1v) is 9.08. The van der Waals surface area contributed by atoms with E-state index in [1.165, 1.54) is 49.4 Å². The number of thioether (sulfide) groups is 2. The molecule has 0 radical (unpaired) electrons. The van der Waals surface area contributed by atoms with Crippen molar-refractivity contribution in [3.8, 4) is 0 Å². The maximum Gasteiger partial charge on any atom is 0.156 e. The van der Waals surface area contributed by atoms with Crippen LogP contribution in [0.5, 0.6) is 0 Å². The van der Waals surface area contributed by atoms with E-state index in [0.717, 1.165) is 18.3 Å². The first kappa shape index (κ1) is 15.2. The van der Waals surface area contributed by atoms with E-state index in [-0.39, 0.29) is 0 Å². The largest absolute Gasteiger partial charge is 0.365 e. The zero-order chi connectivity index (χ0) is 12.3. The van der Waals surface area contributed by atoms with Crippen molar-refractivity contribution in [2.75, 3.05) is 25.1 Å². The van der Waals surface area contributed by atoms with Gasteiger partial charge in [-0.05, 0) is 31.3 Å². The average Bonchev–Trinajstić information content (AvgIpc) is 2.76. The molecular formula is C13H26N2S2. The van der Waals surface area contributed by atoms with Crippen molar-refractivity contribution >= 4 is 28.7 Å². The van der Waals surface area contributed by atoms with Gasteiger partial charge in [0.2, 0.25) is 0 Å². The lowest BCUT2D eigenvalue weighted by Crippen LogP contribution is -2.20. The SMILES string of the molecule is CCCC1CN=C(NCCCCCCSC)S1. The second kappa shape index (κ2) is 10.1. The summed E-state index contributed by atoms with van der Waals surface area (Å²) in [6, 6.07) is 0. The van der Waals surface area contributed by atoms with Gasteiger partial charge in [-0.2, -0.15) is 11.8 Å². The third-order valence-electron chi connectivity index (χ3n) is 2.88. The molecule has 0 aliphatic carbocycles. The van der Waals surface area contributed by atoms with Crippen LogP contribution < -0.4 is 5.32 Å². The van der Waals surface area contributed by atoms with Crippen LogP contribution >= 0.6 is 23.5 Å². The first-order valence-electron chi connectivity index (χ1n) is 6.80. The number of hydrogen-bond donors (Lipinski definition) is 1. The molecule has 1 aliphatic heterocycles. The molecular weight excluding hydrogens is 248 g/mol. The Morgan fingerprint density at radius 3 is 2.94 bits per heavy atom. The van der Waals surface area contributed by atoms with E-state index < -0.39 is 0 Å². The van der Waals surface area contributed by atoms with Crippen LogP contribution in [0.3, 0.4) is 0 Å². The van der Waals surface area contributed by atoms with Crippen LogP contribution in [-0.2, 0) is 0 Å². The van der Waals surface area contributed by atoms with Gasteiger partial charge < -0.3 is 5.32 Å². The number of unbranched alkanes of at least 4 members (excludes halogenated alkanes) is 3. The molecule has 17 heavy (non-hydrogen) atoms. The van der Waals surface area contributed by atoms with Gasteiger partial charge in [-0.1, -0.05) is 37.9 Å². The highest BCUT2D eigenvalue weighted by Crippen LogP contribution is 2.23. The van der Waals surface area contributed by atoms with E-state index in [4.69, 9.17) is 0 Å². The van der Waals surface area contributed by atoms with Gasteiger partial charge in [-0.25, -0.2) is 0 Å². The van der Waals surface area contributed by atoms with Crippen LogP contribution in [0.25, 0.3) is 0 Å². The summed E-state index contributed by atoms with van der Waals surface area (Å²) in [6.07, 6.45) is 10.1. The van der Waals surface area contributed by atoms with Gasteiger partial charge in [0.05, 0.1) is 6.54 Å². The van der Waals surface area contributed by atoms with Crippen LogP contribution in [0.2, 0.25) is 0 Å². The van der Waals surface area contributed by atoms with Crippen molar-refractivity contribution in [2.45, 2.75) is 50.7 Å². The molecule has 2 nitrogen and oxygen atoms in total. The molecule has 1 heterocycles. The third-order valence-corrected chi connectivity index (χ3v) is 4.79. The van der Waals surface area contributed by atoms with Crippen LogP contribution in [0.4, 0.5) is 0 Å². The maximum absolute atomic E-state index is 4.55. The van der Waals surface area contributed by atoms with Crippen molar-refractivity contribution in [1.82, 2.24) is 5.32 Å². The zero-order valence-electron chi connectivity index (χ0n) is 11.2. The minimum absolute atomic E-state index is 0.740. The number of rotatable bonds is 9. The third kappa shape index (κ3) is 7.24. The standard InChI is InChI=1S/C13H26N2S2/c1-3-8-12-11-15-13(17-12)14-9-6-4-5-7-10-16-2/h12H,3-11H2,1-2H3,(H,14,15). The molecule has 0 saturated heterocycles. The summed E-state index contributed by atoms with van der Waals surface area (Å²) in [7, 11) is 0. The molecule has 1 N–H and O–H groups in total. The predicted octanol–water partition coefficient (Wildman–Crippen LogP) is 3.77. The number of hydrogen-bond acceptors (Lipinski definition) is 4. The molecule has 4 heteroatoms. The summed E-state index contributed by atoms with van der Waals surface area (Å²) in [4.78, 5) is 4.55. The normalized spacial score (nSPS) is 19.4. The summed E-state index contributed by atoms with van der Waals surface area (Å²) in [5.74, 6) is 1.31. The molecule has 0 bridgehead atoms. The van der Waals surface area contributed by atoms with Gasteiger partial charge in [0.25, 0.3) is 0 Å². The lowest BCUT2D eigenvalue weighted by atomic mass is 10.2. The van der Waals surface area contributed by atoms with Crippen LogP contribution in [-0.4, -0.2) is 35.5 Å². The fraction of sp³-hybridized carbons (Fsp3) is 0.923. The Morgan fingerprint density at radius 2 is 2.18 bits per heavy atom. The van der Waals surface area contributed by atoms with Gasteiger partial charge >= 0.3 is 0 Å². The Labute approximate surface area is 115 Å². The van der Waals surface area contributed by atoms with Crippen LogP contribution in [0, 0.1) is 0 Å². The lowest BCUT2D eigenvalue weighted by Gasteiger charge is -2.07. The van der Waals surface area contributed by atoms with Crippen LogP contribution in [0.15, 0.2) is 4.99 Å². The second-order valence-electron chi connectivity index (χ2n) is 4.51. The Bertz CT molecular complexity index is 219.